The number of halogens is 1. The topological polar surface area (TPSA) is 45.0 Å². The van der Waals surface area contributed by atoms with Gasteiger partial charge in [0.25, 0.3) is 0 Å². The van der Waals surface area contributed by atoms with E-state index in [4.69, 9.17) is 21.6 Å². The summed E-state index contributed by atoms with van der Waals surface area (Å²) in [6.07, 6.45) is 2.46. The lowest BCUT2D eigenvalue weighted by Gasteiger charge is -2.08. The number of nitriles is 1. The van der Waals surface area contributed by atoms with E-state index in [-0.39, 0.29) is 0 Å². The summed E-state index contributed by atoms with van der Waals surface area (Å²) >= 11 is 6.09. The Kier molecular flexibility index (Phi) is 7.50. The highest BCUT2D eigenvalue weighted by atomic mass is 35.5. The number of hydrogen-bond donors (Lipinski definition) is 1. The van der Waals surface area contributed by atoms with Gasteiger partial charge in [0.15, 0.2) is 0 Å². The van der Waals surface area contributed by atoms with E-state index in [0.29, 0.717) is 16.7 Å². The third-order valence-electron chi connectivity index (χ3n) is 2.70. The molecule has 0 aliphatic carbocycles. The Morgan fingerprint density at radius 2 is 2.16 bits per heavy atom. The second kappa shape index (κ2) is 8.92. The van der Waals surface area contributed by atoms with Gasteiger partial charge in [-0.3, -0.25) is 0 Å². The molecule has 1 aromatic carbocycles. The van der Waals surface area contributed by atoms with Crippen LogP contribution in [0.1, 0.15) is 37.8 Å². The number of hydrogen-bond acceptors (Lipinski definition) is 3. The first kappa shape index (κ1) is 16.0. The SMILES string of the molecule is CC(C)OCCCCNCc1ccc(C#N)cc1Cl. The number of nitrogens with zero attached hydrogens (tertiary/aromatic N) is 1. The number of benzene rings is 1. The van der Waals surface area contributed by atoms with E-state index in [0.717, 1.165) is 38.1 Å². The summed E-state index contributed by atoms with van der Waals surface area (Å²) in [6.45, 7) is 6.58. The molecule has 19 heavy (non-hydrogen) atoms. The summed E-state index contributed by atoms with van der Waals surface area (Å²) in [4.78, 5) is 0. The molecule has 1 rings (SSSR count). The maximum atomic E-state index is 8.75. The lowest BCUT2D eigenvalue weighted by atomic mass is 10.1. The summed E-state index contributed by atoms with van der Waals surface area (Å²) in [7, 11) is 0. The minimum Gasteiger partial charge on any atom is -0.379 e. The van der Waals surface area contributed by atoms with Crippen molar-refractivity contribution >= 4 is 11.6 Å². The molecule has 0 fully saturated rings. The average Bonchev–Trinajstić information content (AvgIpc) is 2.38. The number of unbranched alkanes of at least 4 members (excludes halogenated alkanes) is 1. The van der Waals surface area contributed by atoms with Crippen LogP contribution in [0.4, 0.5) is 0 Å². The van der Waals surface area contributed by atoms with Crippen molar-refractivity contribution in [3.05, 3.63) is 34.3 Å². The third kappa shape index (κ3) is 6.58. The van der Waals surface area contributed by atoms with E-state index in [2.05, 4.69) is 11.4 Å². The molecule has 0 aliphatic rings. The molecule has 1 N–H and O–H groups in total. The van der Waals surface area contributed by atoms with Crippen LogP contribution in [0.3, 0.4) is 0 Å². The van der Waals surface area contributed by atoms with E-state index in [1.165, 1.54) is 0 Å². The minimum atomic E-state index is 0.311. The first-order valence-corrected chi connectivity index (χ1v) is 7.02. The van der Waals surface area contributed by atoms with Crippen molar-refractivity contribution in [2.45, 2.75) is 39.3 Å². The standard InChI is InChI=1S/C15H21ClN2O/c1-12(2)19-8-4-3-7-18-11-14-6-5-13(10-17)9-15(14)16/h5-6,9,12,18H,3-4,7-8,11H2,1-2H3. The van der Waals surface area contributed by atoms with Gasteiger partial charge < -0.3 is 10.1 Å². The van der Waals surface area contributed by atoms with Crippen LogP contribution < -0.4 is 5.32 Å². The van der Waals surface area contributed by atoms with Crippen LogP contribution in [0.25, 0.3) is 0 Å². The van der Waals surface area contributed by atoms with Crippen molar-refractivity contribution in [3.8, 4) is 6.07 Å². The lowest BCUT2D eigenvalue weighted by Crippen LogP contribution is -2.16. The van der Waals surface area contributed by atoms with Gasteiger partial charge in [-0.05, 0) is 50.9 Å². The molecule has 0 radical (unpaired) electrons. The van der Waals surface area contributed by atoms with Gasteiger partial charge in [-0.15, -0.1) is 0 Å². The first-order valence-electron chi connectivity index (χ1n) is 6.64. The molecule has 0 spiro atoms. The van der Waals surface area contributed by atoms with Crippen LogP contribution in [-0.4, -0.2) is 19.3 Å². The Bertz CT molecular complexity index is 427. The van der Waals surface area contributed by atoms with Crippen molar-refractivity contribution in [1.29, 1.82) is 5.26 Å². The molecular formula is C15H21ClN2O. The van der Waals surface area contributed by atoms with Gasteiger partial charge in [-0.25, -0.2) is 0 Å². The van der Waals surface area contributed by atoms with Crippen molar-refractivity contribution < 1.29 is 4.74 Å². The molecule has 0 bridgehead atoms. The van der Waals surface area contributed by atoms with Crippen LogP contribution in [0.2, 0.25) is 5.02 Å². The van der Waals surface area contributed by atoms with E-state index >= 15 is 0 Å². The lowest BCUT2D eigenvalue weighted by molar-refractivity contribution is 0.0760. The number of ether oxygens (including phenoxy) is 1. The molecule has 3 nitrogen and oxygen atoms in total. The molecule has 0 amide bonds. The fourth-order valence-corrected chi connectivity index (χ4v) is 1.90. The van der Waals surface area contributed by atoms with Crippen molar-refractivity contribution in [1.82, 2.24) is 5.32 Å². The molecule has 4 heteroatoms. The Morgan fingerprint density at radius 1 is 1.37 bits per heavy atom. The van der Waals surface area contributed by atoms with Gasteiger partial charge in [0.1, 0.15) is 0 Å². The molecule has 1 aromatic rings. The van der Waals surface area contributed by atoms with Gasteiger partial charge in [0.2, 0.25) is 0 Å². The average molecular weight is 281 g/mol. The molecule has 0 unspecified atom stereocenters. The van der Waals surface area contributed by atoms with Gasteiger partial charge in [0, 0.05) is 18.2 Å². The Balaban J connectivity index is 2.18. The quantitative estimate of drug-likeness (QED) is 0.741. The Morgan fingerprint density at radius 3 is 2.79 bits per heavy atom. The van der Waals surface area contributed by atoms with Crippen molar-refractivity contribution in [2.75, 3.05) is 13.2 Å². The molecule has 0 atom stereocenters. The monoisotopic (exact) mass is 280 g/mol. The highest BCUT2D eigenvalue weighted by Gasteiger charge is 2.01. The smallest absolute Gasteiger partial charge is 0.0992 e. The second-order valence-electron chi connectivity index (χ2n) is 4.72. The van der Waals surface area contributed by atoms with E-state index in [9.17, 15) is 0 Å². The normalized spacial score (nSPS) is 10.7. The molecular weight excluding hydrogens is 260 g/mol. The van der Waals surface area contributed by atoms with Gasteiger partial charge in [-0.2, -0.15) is 5.26 Å². The molecule has 0 saturated carbocycles. The zero-order valence-corrected chi connectivity index (χ0v) is 12.3. The van der Waals surface area contributed by atoms with Gasteiger partial charge in [-0.1, -0.05) is 17.7 Å². The minimum absolute atomic E-state index is 0.311. The van der Waals surface area contributed by atoms with Crippen LogP contribution in [0, 0.1) is 11.3 Å². The summed E-state index contributed by atoms with van der Waals surface area (Å²) < 4.78 is 5.47. The molecule has 0 heterocycles. The summed E-state index contributed by atoms with van der Waals surface area (Å²) in [5.41, 5.74) is 1.62. The second-order valence-corrected chi connectivity index (χ2v) is 5.13. The highest BCUT2D eigenvalue weighted by Crippen LogP contribution is 2.17. The Hall–Kier alpha value is -1.08. The van der Waals surface area contributed by atoms with Crippen molar-refractivity contribution in [2.24, 2.45) is 0 Å². The van der Waals surface area contributed by atoms with E-state index in [1.807, 2.05) is 19.9 Å². The fourth-order valence-electron chi connectivity index (χ4n) is 1.65. The highest BCUT2D eigenvalue weighted by molar-refractivity contribution is 6.31. The van der Waals surface area contributed by atoms with E-state index in [1.54, 1.807) is 12.1 Å². The predicted molar refractivity (Wildman–Crippen MR) is 78.2 cm³/mol. The fraction of sp³-hybridized carbons (Fsp3) is 0.533. The summed E-state index contributed by atoms with van der Waals surface area (Å²) in [6, 6.07) is 7.47. The maximum absolute atomic E-state index is 8.75. The molecule has 104 valence electrons. The van der Waals surface area contributed by atoms with E-state index < -0.39 is 0 Å². The number of nitrogens with one attached hydrogen (secondary N) is 1. The summed E-state index contributed by atoms with van der Waals surface area (Å²) in [5.74, 6) is 0. The predicted octanol–water partition coefficient (Wildman–Crippen LogP) is 3.51. The molecule has 0 aliphatic heterocycles. The van der Waals surface area contributed by atoms with Gasteiger partial charge in [0.05, 0.1) is 17.7 Å². The number of rotatable bonds is 8. The molecule has 0 saturated heterocycles. The van der Waals surface area contributed by atoms with Crippen LogP contribution in [0.15, 0.2) is 18.2 Å². The van der Waals surface area contributed by atoms with Crippen molar-refractivity contribution in [3.63, 3.8) is 0 Å². The van der Waals surface area contributed by atoms with Crippen LogP contribution >= 0.6 is 11.6 Å². The largest absolute Gasteiger partial charge is 0.379 e. The molecule has 0 aromatic heterocycles. The van der Waals surface area contributed by atoms with Gasteiger partial charge >= 0.3 is 0 Å². The zero-order valence-electron chi connectivity index (χ0n) is 11.6. The Labute approximate surface area is 120 Å². The summed E-state index contributed by atoms with van der Waals surface area (Å²) in [5, 5.41) is 12.7. The third-order valence-corrected chi connectivity index (χ3v) is 3.05. The van der Waals surface area contributed by atoms with Crippen LogP contribution in [-0.2, 0) is 11.3 Å². The maximum Gasteiger partial charge on any atom is 0.0992 e. The van der Waals surface area contributed by atoms with Crippen LogP contribution in [0.5, 0.6) is 0 Å². The zero-order chi connectivity index (χ0) is 14.1. The first-order chi connectivity index (χ1) is 9.13.